The summed E-state index contributed by atoms with van der Waals surface area (Å²) in [6, 6.07) is 17.0. The van der Waals surface area contributed by atoms with Crippen LogP contribution in [-0.2, 0) is 6.42 Å². The number of pyridine rings is 1. The number of thiophene rings is 1. The summed E-state index contributed by atoms with van der Waals surface area (Å²) in [4.78, 5) is 18.2. The van der Waals surface area contributed by atoms with Crippen LogP contribution in [0.4, 0.5) is 15.2 Å². The number of rotatable bonds is 7. The first-order valence-electron chi connectivity index (χ1n) is 9.97. The third kappa shape index (κ3) is 4.67. The summed E-state index contributed by atoms with van der Waals surface area (Å²) in [5.74, 6) is 0.158. The maximum Gasteiger partial charge on any atom is 0.291 e. The van der Waals surface area contributed by atoms with Crippen molar-refractivity contribution in [3.8, 4) is 0 Å². The highest BCUT2D eigenvalue weighted by Gasteiger charge is 2.25. The van der Waals surface area contributed by atoms with Gasteiger partial charge in [0.1, 0.15) is 16.6 Å². The summed E-state index contributed by atoms with van der Waals surface area (Å²) < 4.78 is 20.1. The Bertz CT molecular complexity index is 1190. The minimum Gasteiger partial charge on any atom is -0.459 e. The smallest absolute Gasteiger partial charge is 0.291 e. The number of aromatic nitrogens is 1. The number of furan rings is 1. The van der Waals surface area contributed by atoms with Crippen molar-refractivity contribution in [1.82, 2.24) is 4.98 Å². The normalized spacial score (nSPS) is 11.8. The predicted molar refractivity (Wildman–Crippen MR) is 121 cm³/mol. The average Bonchev–Trinajstić information content (AvgIpc) is 3.43. The van der Waals surface area contributed by atoms with Crippen molar-refractivity contribution in [2.75, 3.05) is 10.6 Å². The summed E-state index contributed by atoms with van der Waals surface area (Å²) in [5.41, 5.74) is 2.10. The first kappa shape index (κ1) is 20.8. The van der Waals surface area contributed by atoms with Crippen LogP contribution >= 0.6 is 11.3 Å². The van der Waals surface area contributed by atoms with E-state index < -0.39 is 6.04 Å². The van der Waals surface area contributed by atoms with E-state index in [4.69, 9.17) is 4.42 Å². The molecule has 0 aliphatic carbocycles. The molecule has 0 bridgehead atoms. The molecule has 5 nitrogen and oxygen atoms in total. The van der Waals surface area contributed by atoms with E-state index >= 15 is 0 Å². The summed E-state index contributed by atoms with van der Waals surface area (Å²) in [5, 5.41) is 6.94. The van der Waals surface area contributed by atoms with Gasteiger partial charge in [-0.05, 0) is 49.7 Å². The number of anilines is 2. The number of hydrogen-bond donors (Lipinski definition) is 2. The first-order valence-corrected chi connectivity index (χ1v) is 10.8. The number of nitrogens with zero attached hydrogens (tertiary/aromatic N) is 1. The number of carbonyl (C=O) groups excluding carboxylic acids is 1. The summed E-state index contributed by atoms with van der Waals surface area (Å²) in [6.07, 6.45) is 2.25. The molecule has 0 saturated heterocycles. The van der Waals surface area contributed by atoms with Crippen molar-refractivity contribution >= 4 is 28.1 Å². The van der Waals surface area contributed by atoms with Gasteiger partial charge in [-0.1, -0.05) is 31.2 Å². The van der Waals surface area contributed by atoms with E-state index in [2.05, 4.69) is 15.6 Å². The van der Waals surface area contributed by atoms with E-state index in [-0.39, 0.29) is 17.5 Å². The summed E-state index contributed by atoms with van der Waals surface area (Å²) in [7, 11) is 0. The molecule has 1 unspecified atom stereocenters. The Morgan fingerprint density at radius 1 is 1.13 bits per heavy atom. The molecular formula is C24H22FN3O2S. The third-order valence-electron chi connectivity index (χ3n) is 4.84. The van der Waals surface area contributed by atoms with Gasteiger partial charge in [0.05, 0.1) is 12.3 Å². The van der Waals surface area contributed by atoms with Crippen LogP contribution in [-0.4, -0.2) is 10.9 Å². The standard InChI is InChI=1S/C24H22FN3O2S/c1-3-16-14-18(24(31-16)28-23(29)20-11-7-13-30-20)22(17-9-4-5-10-19(17)25)27-21-12-6-8-15(2)26-21/h4-14,22H,3H2,1-2H3,(H,26,27)(H,28,29). The molecule has 2 N–H and O–H groups in total. The zero-order valence-electron chi connectivity index (χ0n) is 17.2. The van der Waals surface area contributed by atoms with Crippen molar-refractivity contribution in [3.05, 3.63) is 100 Å². The highest BCUT2D eigenvalue weighted by Crippen LogP contribution is 2.38. The molecule has 1 amide bonds. The minimum atomic E-state index is -0.543. The molecule has 158 valence electrons. The Labute approximate surface area is 184 Å². The molecule has 0 aliphatic heterocycles. The lowest BCUT2D eigenvalue weighted by Gasteiger charge is -2.21. The SMILES string of the molecule is CCc1cc(C(Nc2cccc(C)n2)c2ccccc2F)c(NC(=O)c2ccco2)s1. The van der Waals surface area contributed by atoms with E-state index in [9.17, 15) is 9.18 Å². The summed E-state index contributed by atoms with van der Waals surface area (Å²) in [6.45, 7) is 3.94. The molecule has 31 heavy (non-hydrogen) atoms. The van der Waals surface area contributed by atoms with E-state index in [1.807, 2.05) is 38.1 Å². The van der Waals surface area contributed by atoms with E-state index in [1.54, 1.807) is 30.3 Å². The van der Waals surface area contributed by atoms with Gasteiger partial charge >= 0.3 is 0 Å². The van der Waals surface area contributed by atoms with Gasteiger partial charge in [-0.25, -0.2) is 9.37 Å². The highest BCUT2D eigenvalue weighted by atomic mass is 32.1. The van der Waals surface area contributed by atoms with Crippen molar-refractivity contribution in [2.45, 2.75) is 26.3 Å². The fourth-order valence-corrected chi connectivity index (χ4v) is 4.35. The fourth-order valence-electron chi connectivity index (χ4n) is 3.32. The third-order valence-corrected chi connectivity index (χ3v) is 6.05. The van der Waals surface area contributed by atoms with Crippen LogP contribution in [0.1, 0.15) is 45.2 Å². The molecule has 0 spiro atoms. The van der Waals surface area contributed by atoms with E-state index in [1.165, 1.54) is 23.7 Å². The Hall–Kier alpha value is -3.45. The number of hydrogen-bond acceptors (Lipinski definition) is 5. The van der Waals surface area contributed by atoms with Gasteiger partial charge in [0, 0.05) is 21.7 Å². The quantitative estimate of drug-likeness (QED) is 0.363. The van der Waals surface area contributed by atoms with Crippen LogP contribution in [0, 0.1) is 12.7 Å². The second-order valence-corrected chi connectivity index (χ2v) is 8.18. The van der Waals surface area contributed by atoms with Gasteiger partial charge in [-0.3, -0.25) is 4.79 Å². The second-order valence-electron chi connectivity index (χ2n) is 7.05. The molecule has 1 atom stereocenters. The van der Waals surface area contributed by atoms with Gasteiger partial charge < -0.3 is 15.1 Å². The van der Waals surface area contributed by atoms with Crippen LogP contribution in [0.3, 0.4) is 0 Å². The Balaban J connectivity index is 1.78. The number of aryl methyl sites for hydroxylation is 2. The topological polar surface area (TPSA) is 67.2 Å². The maximum absolute atomic E-state index is 14.9. The minimum absolute atomic E-state index is 0.216. The lowest BCUT2D eigenvalue weighted by Crippen LogP contribution is -2.18. The van der Waals surface area contributed by atoms with Crippen molar-refractivity contribution < 1.29 is 13.6 Å². The summed E-state index contributed by atoms with van der Waals surface area (Å²) >= 11 is 1.47. The van der Waals surface area contributed by atoms with Gasteiger partial charge in [0.15, 0.2) is 5.76 Å². The number of halogens is 1. The van der Waals surface area contributed by atoms with Gasteiger partial charge in [-0.15, -0.1) is 11.3 Å². The van der Waals surface area contributed by atoms with Gasteiger partial charge in [0.25, 0.3) is 5.91 Å². The monoisotopic (exact) mass is 435 g/mol. The predicted octanol–water partition coefficient (Wildman–Crippen LogP) is 6.20. The Kier molecular flexibility index (Phi) is 6.13. The highest BCUT2D eigenvalue weighted by molar-refractivity contribution is 7.16. The lowest BCUT2D eigenvalue weighted by atomic mass is 9.99. The van der Waals surface area contributed by atoms with Crippen LogP contribution in [0.5, 0.6) is 0 Å². The first-order chi connectivity index (χ1) is 15.0. The van der Waals surface area contributed by atoms with E-state index in [0.29, 0.717) is 16.4 Å². The molecule has 0 fully saturated rings. The average molecular weight is 436 g/mol. The zero-order chi connectivity index (χ0) is 21.8. The number of nitrogens with one attached hydrogen (secondary N) is 2. The maximum atomic E-state index is 14.9. The number of benzene rings is 1. The largest absolute Gasteiger partial charge is 0.459 e. The van der Waals surface area contributed by atoms with Gasteiger partial charge in [0.2, 0.25) is 0 Å². The van der Waals surface area contributed by atoms with Crippen LogP contribution in [0.25, 0.3) is 0 Å². The Morgan fingerprint density at radius 3 is 2.68 bits per heavy atom. The molecule has 3 heterocycles. The number of carbonyl (C=O) groups is 1. The van der Waals surface area contributed by atoms with Crippen molar-refractivity contribution in [2.24, 2.45) is 0 Å². The van der Waals surface area contributed by atoms with Crippen LogP contribution in [0.15, 0.2) is 71.3 Å². The Morgan fingerprint density at radius 2 is 1.97 bits per heavy atom. The fraction of sp³-hybridized carbons (Fsp3) is 0.167. The molecule has 0 saturated carbocycles. The van der Waals surface area contributed by atoms with Crippen molar-refractivity contribution in [1.29, 1.82) is 0 Å². The molecule has 1 aromatic carbocycles. The van der Waals surface area contributed by atoms with Crippen LogP contribution < -0.4 is 10.6 Å². The molecule has 0 radical (unpaired) electrons. The molecule has 0 aliphatic rings. The molecule has 4 rings (SSSR count). The van der Waals surface area contributed by atoms with Crippen LogP contribution in [0.2, 0.25) is 0 Å². The lowest BCUT2D eigenvalue weighted by molar-refractivity contribution is 0.0997. The molecule has 4 aromatic rings. The molecular weight excluding hydrogens is 413 g/mol. The molecule has 3 aromatic heterocycles. The second kappa shape index (κ2) is 9.14. The molecule has 7 heteroatoms. The van der Waals surface area contributed by atoms with Crippen molar-refractivity contribution in [3.63, 3.8) is 0 Å². The van der Waals surface area contributed by atoms with E-state index in [0.717, 1.165) is 22.6 Å². The zero-order valence-corrected chi connectivity index (χ0v) is 18.0. The van der Waals surface area contributed by atoms with Gasteiger partial charge in [-0.2, -0.15) is 0 Å². The number of amides is 1.